The number of nitrogens with one attached hydrogen (secondary N) is 1. The van der Waals surface area contributed by atoms with Gasteiger partial charge in [-0.2, -0.15) is 13.2 Å². The predicted molar refractivity (Wildman–Crippen MR) is 69.0 cm³/mol. The summed E-state index contributed by atoms with van der Waals surface area (Å²) in [7, 11) is 0. The first-order valence-corrected chi connectivity index (χ1v) is 6.80. The normalized spacial score (nSPS) is 19.7. The molecule has 106 valence electrons. The minimum atomic E-state index is -4.41. The van der Waals surface area contributed by atoms with Crippen LogP contribution in [0, 0.1) is 5.92 Å². The quantitative estimate of drug-likeness (QED) is 0.908. The second-order valence-corrected chi connectivity index (χ2v) is 5.41. The van der Waals surface area contributed by atoms with Crippen LogP contribution in [0.1, 0.15) is 18.4 Å². The molecule has 1 saturated heterocycles. The van der Waals surface area contributed by atoms with E-state index in [1.807, 2.05) is 0 Å². The van der Waals surface area contributed by atoms with Crippen LogP contribution in [-0.2, 0) is 10.9 Å². The topological polar surface area (TPSA) is 34.2 Å². The number of aromatic nitrogens is 1. The Morgan fingerprint density at radius 3 is 2.89 bits per heavy atom. The van der Waals surface area contributed by atoms with E-state index in [4.69, 9.17) is 4.74 Å². The van der Waals surface area contributed by atoms with Gasteiger partial charge in [0.05, 0.1) is 5.56 Å². The van der Waals surface area contributed by atoms with Gasteiger partial charge in [-0.05, 0) is 40.8 Å². The van der Waals surface area contributed by atoms with Crippen molar-refractivity contribution in [2.45, 2.75) is 19.0 Å². The number of halogens is 4. The molecule has 1 aromatic rings. The van der Waals surface area contributed by atoms with E-state index in [9.17, 15) is 13.2 Å². The Morgan fingerprint density at radius 1 is 1.47 bits per heavy atom. The Bertz CT molecular complexity index is 433. The zero-order chi connectivity index (χ0) is 13.9. The summed E-state index contributed by atoms with van der Waals surface area (Å²) in [6, 6.07) is 1.04. The van der Waals surface area contributed by atoms with Crippen molar-refractivity contribution < 1.29 is 17.9 Å². The lowest BCUT2D eigenvalue weighted by molar-refractivity contribution is -0.137. The monoisotopic (exact) mass is 338 g/mol. The number of ether oxygens (including phenoxy) is 1. The first kappa shape index (κ1) is 14.6. The first-order valence-electron chi connectivity index (χ1n) is 6.01. The van der Waals surface area contributed by atoms with Crippen LogP contribution >= 0.6 is 15.9 Å². The van der Waals surface area contributed by atoms with E-state index >= 15 is 0 Å². The largest absolute Gasteiger partial charge is 0.419 e. The SMILES string of the molecule is FC(F)(F)c1cc(Br)cnc1NCCC1CCOC1. The molecule has 0 aliphatic carbocycles. The van der Waals surface area contributed by atoms with Crippen molar-refractivity contribution in [2.24, 2.45) is 5.92 Å². The van der Waals surface area contributed by atoms with Gasteiger partial charge in [0.25, 0.3) is 0 Å². The number of hydrogen-bond donors (Lipinski definition) is 1. The molecule has 0 aromatic carbocycles. The van der Waals surface area contributed by atoms with Crippen LogP contribution < -0.4 is 5.32 Å². The lowest BCUT2D eigenvalue weighted by atomic mass is 10.1. The molecule has 1 aliphatic heterocycles. The highest BCUT2D eigenvalue weighted by Crippen LogP contribution is 2.35. The molecule has 2 rings (SSSR count). The second kappa shape index (κ2) is 6.09. The molecule has 3 nitrogen and oxygen atoms in total. The minimum absolute atomic E-state index is 0.116. The summed E-state index contributed by atoms with van der Waals surface area (Å²) in [4.78, 5) is 3.80. The molecule has 0 saturated carbocycles. The standard InChI is InChI=1S/C12H14BrF3N2O/c13-9-5-10(12(14,15)16)11(18-6-9)17-3-1-8-2-4-19-7-8/h5-6,8H,1-4,7H2,(H,17,18). The molecule has 19 heavy (non-hydrogen) atoms. The molecule has 1 atom stereocenters. The molecule has 7 heteroatoms. The average Bonchev–Trinajstić information content (AvgIpc) is 2.83. The fourth-order valence-electron chi connectivity index (χ4n) is 2.00. The molecule has 0 radical (unpaired) electrons. The summed E-state index contributed by atoms with van der Waals surface area (Å²) < 4.78 is 44.0. The summed E-state index contributed by atoms with van der Waals surface area (Å²) in [5.41, 5.74) is -0.746. The minimum Gasteiger partial charge on any atom is -0.381 e. The Hall–Kier alpha value is -0.820. The summed E-state index contributed by atoms with van der Waals surface area (Å²) in [5.74, 6) is 0.312. The van der Waals surface area contributed by atoms with Crippen molar-refractivity contribution >= 4 is 21.7 Å². The number of rotatable bonds is 4. The van der Waals surface area contributed by atoms with Crippen LogP contribution in [0.5, 0.6) is 0 Å². The van der Waals surface area contributed by atoms with Crippen molar-refractivity contribution in [3.05, 3.63) is 22.3 Å². The Balaban J connectivity index is 1.98. The van der Waals surface area contributed by atoms with Gasteiger partial charge in [-0.15, -0.1) is 0 Å². The molecular formula is C12H14BrF3N2O. The molecule has 1 unspecified atom stereocenters. The first-order chi connectivity index (χ1) is 8.97. The molecule has 0 bridgehead atoms. The van der Waals surface area contributed by atoms with E-state index in [0.29, 0.717) is 23.5 Å². The lowest BCUT2D eigenvalue weighted by Crippen LogP contribution is -2.15. The van der Waals surface area contributed by atoms with E-state index in [1.165, 1.54) is 6.20 Å². The molecule has 1 aromatic heterocycles. The van der Waals surface area contributed by atoms with E-state index in [-0.39, 0.29) is 5.82 Å². The Labute approximate surface area is 117 Å². The van der Waals surface area contributed by atoms with Gasteiger partial charge in [0.15, 0.2) is 0 Å². The number of alkyl halides is 3. The summed E-state index contributed by atoms with van der Waals surface area (Å²) in [6.45, 7) is 1.91. The fourth-order valence-corrected chi connectivity index (χ4v) is 2.33. The number of nitrogens with zero attached hydrogens (tertiary/aromatic N) is 1. The van der Waals surface area contributed by atoms with Crippen LogP contribution in [0.25, 0.3) is 0 Å². The molecule has 0 amide bonds. The van der Waals surface area contributed by atoms with Gasteiger partial charge < -0.3 is 10.1 Å². The average molecular weight is 339 g/mol. The third-order valence-electron chi connectivity index (χ3n) is 3.03. The third-order valence-corrected chi connectivity index (χ3v) is 3.46. The highest BCUT2D eigenvalue weighted by molar-refractivity contribution is 9.10. The van der Waals surface area contributed by atoms with Crippen molar-refractivity contribution in [2.75, 3.05) is 25.1 Å². The Morgan fingerprint density at radius 2 is 2.26 bits per heavy atom. The summed E-state index contributed by atoms with van der Waals surface area (Å²) >= 11 is 3.00. The van der Waals surface area contributed by atoms with Gasteiger partial charge in [0.2, 0.25) is 0 Å². The summed E-state index contributed by atoms with van der Waals surface area (Å²) in [5, 5.41) is 2.77. The van der Waals surface area contributed by atoms with Crippen molar-refractivity contribution in [1.82, 2.24) is 4.98 Å². The van der Waals surface area contributed by atoms with Crippen LogP contribution in [0.3, 0.4) is 0 Å². The smallest absolute Gasteiger partial charge is 0.381 e. The highest BCUT2D eigenvalue weighted by atomic mass is 79.9. The lowest BCUT2D eigenvalue weighted by Gasteiger charge is -2.14. The van der Waals surface area contributed by atoms with Gasteiger partial charge in [-0.25, -0.2) is 4.98 Å². The van der Waals surface area contributed by atoms with E-state index in [1.54, 1.807) is 0 Å². The van der Waals surface area contributed by atoms with Gasteiger partial charge in [0, 0.05) is 30.4 Å². The van der Waals surface area contributed by atoms with Crippen molar-refractivity contribution in [1.29, 1.82) is 0 Å². The maximum absolute atomic E-state index is 12.8. The van der Waals surface area contributed by atoms with Crippen LogP contribution in [0.2, 0.25) is 0 Å². The highest BCUT2D eigenvalue weighted by Gasteiger charge is 2.34. The number of hydrogen-bond acceptors (Lipinski definition) is 3. The van der Waals surface area contributed by atoms with E-state index in [0.717, 1.165) is 25.5 Å². The van der Waals surface area contributed by atoms with Crippen molar-refractivity contribution in [3.8, 4) is 0 Å². The van der Waals surface area contributed by atoms with Gasteiger partial charge in [-0.1, -0.05) is 0 Å². The molecule has 2 heterocycles. The zero-order valence-corrected chi connectivity index (χ0v) is 11.7. The molecule has 1 N–H and O–H groups in total. The Kier molecular flexibility index (Phi) is 4.67. The number of anilines is 1. The van der Waals surface area contributed by atoms with E-state index in [2.05, 4.69) is 26.2 Å². The van der Waals surface area contributed by atoms with Gasteiger partial charge >= 0.3 is 6.18 Å². The predicted octanol–water partition coefficient (Wildman–Crippen LogP) is 3.70. The molecular weight excluding hydrogens is 325 g/mol. The maximum Gasteiger partial charge on any atom is 0.419 e. The van der Waals surface area contributed by atoms with Crippen molar-refractivity contribution in [3.63, 3.8) is 0 Å². The third kappa shape index (κ3) is 4.07. The van der Waals surface area contributed by atoms with Gasteiger partial charge in [-0.3, -0.25) is 0 Å². The maximum atomic E-state index is 12.8. The van der Waals surface area contributed by atoms with Crippen LogP contribution in [0.4, 0.5) is 19.0 Å². The summed E-state index contributed by atoms with van der Waals surface area (Å²) in [6.07, 6.45) is -1.29. The molecule has 1 fully saturated rings. The second-order valence-electron chi connectivity index (χ2n) is 4.49. The number of pyridine rings is 1. The van der Waals surface area contributed by atoms with Gasteiger partial charge in [0.1, 0.15) is 5.82 Å². The molecule has 1 aliphatic rings. The van der Waals surface area contributed by atoms with E-state index < -0.39 is 11.7 Å². The van der Waals surface area contributed by atoms with Crippen LogP contribution in [0.15, 0.2) is 16.7 Å². The van der Waals surface area contributed by atoms with Crippen LogP contribution in [-0.4, -0.2) is 24.7 Å². The zero-order valence-electron chi connectivity index (χ0n) is 10.1. The fraction of sp³-hybridized carbons (Fsp3) is 0.583. The molecule has 0 spiro atoms.